The summed E-state index contributed by atoms with van der Waals surface area (Å²) in [6, 6.07) is 8.15. The fraction of sp³-hybridized carbons (Fsp3) is 0.0667. The zero-order valence-electron chi connectivity index (χ0n) is 11.9. The Morgan fingerprint density at radius 1 is 1.04 bits per heavy atom. The van der Waals surface area contributed by atoms with Crippen LogP contribution < -0.4 is 15.4 Å². The zero-order valence-corrected chi connectivity index (χ0v) is 13.4. The van der Waals surface area contributed by atoms with Gasteiger partial charge in [0.25, 0.3) is 0 Å². The Hall–Kier alpha value is -2.44. The molecule has 0 aliphatic carbocycles. The summed E-state index contributed by atoms with van der Waals surface area (Å²) in [5.74, 6) is -0.759. The van der Waals surface area contributed by atoms with E-state index in [4.69, 9.17) is 33.0 Å². The monoisotopic (exact) mass is 354 g/mol. The van der Waals surface area contributed by atoms with Gasteiger partial charge in [-0.2, -0.15) is 0 Å². The van der Waals surface area contributed by atoms with Gasteiger partial charge < -0.3 is 20.5 Å². The molecule has 0 atom stereocenters. The van der Waals surface area contributed by atoms with Gasteiger partial charge in [0.1, 0.15) is 5.75 Å². The lowest BCUT2D eigenvalue weighted by atomic mass is 10.1. The van der Waals surface area contributed by atoms with E-state index in [0.29, 0.717) is 21.5 Å². The number of hydrogen-bond donors (Lipinski definition) is 3. The molecule has 0 aliphatic rings. The minimum absolute atomic E-state index is 0.0647. The Balaban J connectivity index is 2.20. The molecule has 0 unspecified atom stereocenters. The first-order chi connectivity index (χ1) is 10.9. The van der Waals surface area contributed by atoms with Crippen LogP contribution in [0.2, 0.25) is 10.0 Å². The van der Waals surface area contributed by atoms with E-state index in [9.17, 15) is 9.59 Å². The maximum absolute atomic E-state index is 12.0. The maximum Gasteiger partial charge on any atom is 0.337 e. The number of carboxylic acids is 1. The van der Waals surface area contributed by atoms with Crippen molar-refractivity contribution in [1.82, 2.24) is 0 Å². The molecule has 2 aromatic rings. The van der Waals surface area contributed by atoms with E-state index in [1.165, 1.54) is 43.5 Å². The van der Waals surface area contributed by atoms with Gasteiger partial charge in [0.2, 0.25) is 0 Å². The molecule has 0 spiro atoms. The second kappa shape index (κ2) is 7.21. The Bertz CT molecular complexity index is 745. The largest absolute Gasteiger partial charge is 0.497 e. The van der Waals surface area contributed by atoms with Crippen molar-refractivity contribution in [3.63, 3.8) is 0 Å². The summed E-state index contributed by atoms with van der Waals surface area (Å²) in [4.78, 5) is 23.2. The second-order valence-corrected chi connectivity index (χ2v) is 5.33. The van der Waals surface area contributed by atoms with Gasteiger partial charge in [-0.3, -0.25) is 0 Å². The lowest BCUT2D eigenvalue weighted by Gasteiger charge is -2.11. The number of hydrogen-bond acceptors (Lipinski definition) is 3. The summed E-state index contributed by atoms with van der Waals surface area (Å²) in [5, 5.41) is 14.9. The van der Waals surface area contributed by atoms with Crippen LogP contribution in [0, 0.1) is 0 Å². The van der Waals surface area contributed by atoms with Gasteiger partial charge in [0.05, 0.1) is 18.4 Å². The highest BCUT2D eigenvalue weighted by atomic mass is 35.5. The molecular weight excluding hydrogens is 343 g/mol. The van der Waals surface area contributed by atoms with Crippen LogP contribution in [0.4, 0.5) is 16.2 Å². The van der Waals surface area contributed by atoms with Crippen molar-refractivity contribution in [2.24, 2.45) is 0 Å². The third-order valence-corrected chi connectivity index (χ3v) is 3.26. The molecule has 0 aromatic heterocycles. The number of rotatable bonds is 4. The number of carbonyl (C=O) groups excluding carboxylic acids is 1. The molecule has 2 aromatic carbocycles. The van der Waals surface area contributed by atoms with E-state index < -0.39 is 12.0 Å². The van der Waals surface area contributed by atoms with Crippen LogP contribution >= 0.6 is 23.2 Å². The molecule has 2 amide bonds. The molecule has 120 valence electrons. The molecule has 0 heterocycles. The zero-order chi connectivity index (χ0) is 17.0. The maximum atomic E-state index is 12.0. The molecular formula is C15H12Cl2N2O4. The number of aromatic carboxylic acids is 1. The molecule has 3 N–H and O–H groups in total. The van der Waals surface area contributed by atoms with Crippen LogP contribution in [-0.2, 0) is 0 Å². The smallest absolute Gasteiger partial charge is 0.337 e. The number of methoxy groups -OCH3 is 1. The Labute approximate surface area is 142 Å². The SMILES string of the molecule is COc1ccc(C(=O)O)c(NC(=O)Nc2cc(Cl)cc(Cl)c2)c1. The molecule has 23 heavy (non-hydrogen) atoms. The van der Waals surface area contributed by atoms with Crippen LogP contribution in [0.25, 0.3) is 0 Å². The summed E-state index contributed by atoms with van der Waals surface area (Å²) in [6.07, 6.45) is 0. The predicted octanol–water partition coefficient (Wildman–Crippen LogP) is 4.34. The number of nitrogens with one attached hydrogen (secondary N) is 2. The molecule has 0 aliphatic heterocycles. The topological polar surface area (TPSA) is 87.7 Å². The van der Waals surface area contributed by atoms with E-state index in [1.54, 1.807) is 0 Å². The fourth-order valence-electron chi connectivity index (χ4n) is 1.85. The average Bonchev–Trinajstić information content (AvgIpc) is 2.45. The van der Waals surface area contributed by atoms with Crippen molar-refractivity contribution in [3.8, 4) is 5.75 Å². The third-order valence-electron chi connectivity index (χ3n) is 2.83. The van der Waals surface area contributed by atoms with Crippen LogP contribution in [-0.4, -0.2) is 24.2 Å². The number of ether oxygens (including phenoxy) is 1. The Morgan fingerprint density at radius 2 is 1.70 bits per heavy atom. The molecule has 0 saturated heterocycles. The summed E-state index contributed by atoms with van der Waals surface area (Å²) >= 11 is 11.7. The van der Waals surface area contributed by atoms with E-state index in [1.807, 2.05) is 0 Å². The van der Waals surface area contributed by atoms with Crippen molar-refractivity contribution in [2.45, 2.75) is 0 Å². The molecule has 0 saturated carbocycles. The normalized spacial score (nSPS) is 10.0. The summed E-state index contributed by atoms with van der Waals surface area (Å²) in [6.45, 7) is 0. The van der Waals surface area contributed by atoms with Gasteiger partial charge in [-0.25, -0.2) is 9.59 Å². The standard InChI is InChI=1S/C15H12Cl2N2O4/c1-23-11-2-3-12(14(20)21)13(7-11)19-15(22)18-10-5-8(16)4-9(17)6-10/h2-7H,1H3,(H,20,21)(H2,18,19,22). The van der Waals surface area contributed by atoms with Crippen molar-refractivity contribution >= 4 is 46.6 Å². The van der Waals surface area contributed by atoms with Crippen LogP contribution in [0.3, 0.4) is 0 Å². The Kier molecular flexibility index (Phi) is 5.31. The number of urea groups is 1. The molecule has 8 heteroatoms. The first kappa shape index (κ1) is 16.9. The molecule has 0 bridgehead atoms. The average molecular weight is 355 g/mol. The highest BCUT2D eigenvalue weighted by molar-refractivity contribution is 6.35. The summed E-state index contributed by atoms with van der Waals surface area (Å²) in [7, 11) is 1.44. The lowest BCUT2D eigenvalue weighted by molar-refractivity contribution is 0.0698. The molecule has 2 rings (SSSR count). The van der Waals surface area contributed by atoms with E-state index in [2.05, 4.69) is 10.6 Å². The van der Waals surface area contributed by atoms with Crippen molar-refractivity contribution in [1.29, 1.82) is 0 Å². The van der Waals surface area contributed by atoms with E-state index >= 15 is 0 Å². The predicted molar refractivity (Wildman–Crippen MR) is 89.1 cm³/mol. The van der Waals surface area contributed by atoms with Gasteiger partial charge in [0.15, 0.2) is 0 Å². The van der Waals surface area contributed by atoms with Crippen LogP contribution in [0.5, 0.6) is 5.75 Å². The minimum atomic E-state index is -1.17. The van der Waals surface area contributed by atoms with Crippen LogP contribution in [0.1, 0.15) is 10.4 Å². The Morgan fingerprint density at radius 3 is 2.26 bits per heavy atom. The van der Waals surface area contributed by atoms with Gasteiger partial charge in [-0.05, 0) is 30.3 Å². The third kappa shape index (κ3) is 4.51. The number of carboxylic acid groups (broad SMARTS) is 1. The van der Waals surface area contributed by atoms with E-state index in [-0.39, 0.29) is 11.3 Å². The first-order valence-electron chi connectivity index (χ1n) is 6.34. The second-order valence-electron chi connectivity index (χ2n) is 4.45. The minimum Gasteiger partial charge on any atom is -0.497 e. The van der Waals surface area contributed by atoms with Gasteiger partial charge in [0, 0.05) is 21.8 Å². The summed E-state index contributed by atoms with van der Waals surface area (Å²) in [5.41, 5.74) is 0.410. The lowest BCUT2D eigenvalue weighted by Crippen LogP contribution is -2.21. The quantitative estimate of drug-likeness (QED) is 0.761. The molecule has 0 radical (unpaired) electrons. The highest BCUT2D eigenvalue weighted by Gasteiger charge is 2.14. The summed E-state index contributed by atoms with van der Waals surface area (Å²) < 4.78 is 5.02. The molecule has 6 nitrogen and oxygen atoms in total. The van der Waals surface area contributed by atoms with Crippen molar-refractivity contribution in [3.05, 3.63) is 52.0 Å². The van der Waals surface area contributed by atoms with Gasteiger partial charge in [-0.1, -0.05) is 23.2 Å². The van der Waals surface area contributed by atoms with Gasteiger partial charge >= 0.3 is 12.0 Å². The van der Waals surface area contributed by atoms with Crippen molar-refractivity contribution < 1.29 is 19.4 Å². The number of halogens is 2. The number of carbonyl (C=O) groups is 2. The first-order valence-corrected chi connectivity index (χ1v) is 7.10. The molecule has 0 fully saturated rings. The highest BCUT2D eigenvalue weighted by Crippen LogP contribution is 2.24. The number of amides is 2. The van der Waals surface area contributed by atoms with E-state index in [0.717, 1.165) is 0 Å². The fourth-order valence-corrected chi connectivity index (χ4v) is 2.38. The van der Waals surface area contributed by atoms with Gasteiger partial charge in [-0.15, -0.1) is 0 Å². The number of benzene rings is 2. The van der Waals surface area contributed by atoms with Crippen molar-refractivity contribution in [2.75, 3.05) is 17.7 Å². The number of anilines is 2. The van der Waals surface area contributed by atoms with Crippen LogP contribution in [0.15, 0.2) is 36.4 Å².